The maximum atomic E-state index is 11.3. The molecule has 26 heavy (non-hydrogen) atoms. The number of methoxy groups -OCH3 is 2. The maximum Gasteiger partial charge on any atom is 0.305 e. The van der Waals surface area contributed by atoms with E-state index in [9.17, 15) is 4.79 Å². The molecule has 1 aromatic carbocycles. The monoisotopic (exact) mass is 365 g/mol. The van der Waals surface area contributed by atoms with Crippen LogP contribution in [0.1, 0.15) is 32.3 Å². The predicted octanol–water partition coefficient (Wildman–Crippen LogP) is 2.14. The molecule has 146 valence electrons. The molecular formula is C19H31N3O4. The number of hydrogen-bond acceptors (Lipinski definition) is 5. The molecule has 0 aliphatic carbocycles. The van der Waals surface area contributed by atoms with Crippen molar-refractivity contribution in [2.45, 2.75) is 33.1 Å². The number of nitrogens with zero attached hydrogens (tertiary/aromatic N) is 1. The summed E-state index contributed by atoms with van der Waals surface area (Å²) in [5.41, 5.74) is 1.15. The van der Waals surface area contributed by atoms with Crippen molar-refractivity contribution in [1.82, 2.24) is 10.6 Å². The maximum absolute atomic E-state index is 11.3. The Kier molecular flexibility index (Phi) is 10.7. The number of nitrogens with one attached hydrogen (secondary N) is 2. The molecule has 0 aliphatic heterocycles. The van der Waals surface area contributed by atoms with Gasteiger partial charge in [0.2, 0.25) is 0 Å². The van der Waals surface area contributed by atoms with Gasteiger partial charge in [-0.2, -0.15) is 0 Å². The topological polar surface area (TPSA) is 81.2 Å². The first-order valence-electron chi connectivity index (χ1n) is 9.03. The normalized spacial score (nSPS) is 11.0. The second kappa shape index (κ2) is 12.9. The van der Waals surface area contributed by atoms with Gasteiger partial charge in [-0.05, 0) is 44.4 Å². The molecule has 0 heterocycles. The van der Waals surface area contributed by atoms with Gasteiger partial charge in [0.25, 0.3) is 0 Å². The highest BCUT2D eigenvalue weighted by Gasteiger charge is 2.05. The molecule has 0 aromatic heterocycles. The quantitative estimate of drug-likeness (QED) is 0.271. The SMILES string of the molecule is CCNC(=NCCCC(=O)OCC)NCCc1ccc(OC)c(OC)c1. The molecule has 7 heteroatoms. The number of rotatable bonds is 11. The van der Waals surface area contributed by atoms with Crippen LogP contribution in [-0.4, -0.2) is 52.4 Å². The van der Waals surface area contributed by atoms with Gasteiger partial charge in [0.05, 0.1) is 20.8 Å². The highest BCUT2D eigenvalue weighted by molar-refractivity contribution is 5.79. The van der Waals surface area contributed by atoms with Crippen LogP contribution in [0.4, 0.5) is 0 Å². The van der Waals surface area contributed by atoms with Crippen molar-refractivity contribution in [3.8, 4) is 11.5 Å². The number of guanidine groups is 1. The molecule has 0 amide bonds. The standard InChI is InChI=1S/C19H31N3O4/c1-5-20-19(21-12-7-8-18(23)26-6-2)22-13-11-15-9-10-16(24-3)17(14-15)25-4/h9-10,14H,5-8,11-13H2,1-4H3,(H2,20,21,22). The Labute approximate surface area is 156 Å². The second-order valence-corrected chi connectivity index (χ2v) is 5.54. The Morgan fingerprint density at radius 1 is 1.12 bits per heavy atom. The van der Waals surface area contributed by atoms with Crippen molar-refractivity contribution < 1.29 is 19.0 Å². The van der Waals surface area contributed by atoms with E-state index in [1.54, 1.807) is 14.2 Å². The van der Waals surface area contributed by atoms with Crippen LogP contribution in [-0.2, 0) is 16.0 Å². The predicted molar refractivity (Wildman–Crippen MR) is 103 cm³/mol. The van der Waals surface area contributed by atoms with E-state index in [2.05, 4.69) is 15.6 Å². The fourth-order valence-electron chi connectivity index (χ4n) is 2.35. The molecule has 0 atom stereocenters. The van der Waals surface area contributed by atoms with Gasteiger partial charge in [-0.3, -0.25) is 9.79 Å². The first-order chi connectivity index (χ1) is 12.6. The molecule has 0 spiro atoms. The van der Waals surface area contributed by atoms with Crippen molar-refractivity contribution in [3.63, 3.8) is 0 Å². The largest absolute Gasteiger partial charge is 0.493 e. The Morgan fingerprint density at radius 2 is 1.88 bits per heavy atom. The first kappa shape index (κ1) is 21.6. The lowest BCUT2D eigenvalue weighted by Gasteiger charge is -2.12. The molecule has 0 fully saturated rings. The first-order valence-corrected chi connectivity index (χ1v) is 9.03. The van der Waals surface area contributed by atoms with E-state index in [1.807, 2.05) is 32.0 Å². The summed E-state index contributed by atoms with van der Waals surface area (Å²) in [6.07, 6.45) is 1.89. The average Bonchev–Trinajstić information content (AvgIpc) is 2.65. The molecule has 7 nitrogen and oxygen atoms in total. The third kappa shape index (κ3) is 8.09. The molecule has 1 aromatic rings. The molecule has 0 saturated carbocycles. The average molecular weight is 365 g/mol. The van der Waals surface area contributed by atoms with E-state index in [4.69, 9.17) is 14.2 Å². The summed E-state index contributed by atoms with van der Waals surface area (Å²) in [5.74, 6) is 2.02. The number of aliphatic imine (C=N–C) groups is 1. The van der Waals surface area contributed by atoms with Crippen LogP contribution in [0.5, 0.6) is 11.5 Å². The molecule has 0 aliphatic rings. The molecule has 1 rings (SSSR count). The molecule has 0 saturated heterocycles. The minimum absolute atomic E-state index is 0.172. The third-order valence-electron chi connectivity index (χ3n) is 3.61. The number of esters is 1. The summed E-state index contributed by atoms with van der Waals surface area (Å²) in [6, 6.07) is 5.90. The minimum Gasteiger partial charge on any atom is -0.493 e. The Hall–Kier alpha value is -2.44. The summed E-state index contributed by atoms with van der Waals surface area (Å²) in [6.45, 7) is 6.33. The van der Waals surface area contributed by atoms with E-state index in [0.29, 0.717) is 26.0 Å². The zero-order valence-corrected chi connectivity index (χ0v) is 16.3. The van der Waals surface area contributed by atoms with Gasteiger partial charge >= 0.3 is 5.97 Å². The number of ether oxygens (including phenoxy) is 3. The molecule has 0 radical (unpaired) electrons. The van der Waals surface area contributed by atoms with E-state index < -0.39 is 0 Å². The van der Waals surface area contributed by atoms with Crippen LogP contribution in [0.15, 0.2) is 23.2 Å². The minimum atomic E-state index is -0.172. The summed E-state index contributed by atoms with van der Waals surface area (Å²) in [4.78, 5) is 15.8. The molecule has 0 bridgehead atoms. The lowest BCUT2D eigenvalue weighted by atomic mass is 10.1. The van der Waals surface area contributed by atoms with Gasteiger partial charge < -0.3 is 24.8 Å². The van der Waals surface area contributed by atoms with Gasteiger partial charge in [0, 0.05) is 26.1 Å². The van der Waals surface area contributed by atoms with Crippen molar-refractivity contribution >= 4 is 11.9 Å². The Balaban J connectivity index is 2.45. The highest BCUT2D eigenvalue weighted by atomic mass is 16.5. The van der Waals surface area contributed by atoms with Crippen LogP contribution in [0, 0.1) is 0 Å². The number of carbonyl (C=O) groups is 1. The van der Waals surface area contributed by atoms with Gasteiger partial charge in [-0.15, -0.1) is 0 Å². The van der Waals surface area contributed by atoms with Crippen molar-refractivity contribution in [3.05, 3.63) is 23.8 Å². The van der Waals surface area contributed by atoms with Crippen LogP contribution in [0.3, 0.4) is 0 Å². The Morgan fingerprint density at radius 3 is 2.54 bits per heavy atom. The van der Waals surface area contributed by atoms with Crippen LogP contribution in [0.2, 0.25) is 0 Å². The number of hydrogen-bond donors (Lipinski definition) is 2. The molecule has 2 N–H and O–H groups in total. The second-order valence-electron chi connectivity index (χ2n) is 5.54. The number of carbonyl (C=O) groups excluding carboxylic acids is 1. The highest BCUT2D eigenvalue weighted by Crippen LogP contribution is 2.27. The zero-order valence-electron chi connectivity index (χ0n) is 16.3. The van der Waals surface area contributed by atoms with Crippen LogP contribution < -0.4 is 20.1 Å². The van der Waals surface area contributed by atoms with Crippen molar-refractivity contribution in [1.29, 1.82) is 0 Å². The van der Waals surface area contributed by atoms with Gasteiger partial charge in [-0.25, -0.2) is 0 Å². The van der Waals surface area contributed by atoms with E-state index in [-0.39, 0.29) is 5.97 Å². The smallest absolute Gasteiger partial charge is 0.305 e. The van der Waals surface area contributed by atoms with Crippen LogP contribution >= 0.6 is 0 Å². The lowest BCUT2D eigenvalue weighted by molar-refractivity contribution is -0.143. The van der Waals surface area contributed by atoms with Gasteiger partial charge in [0.1, 0.15) is 0 Å². The van der Waals surface area contributed by atoms with Crippen molar-refractivity contribution in [2.75, 3.05) is 40.5 Å². The molecular weight excluding hydrogens is 334 g/mol. The van der Waals surface area contributed by atoms with Crippen LogP contribution in [0.25, 0.3) is 0 Å². The van der Waals surface area contributed by atoms with E-state index in [0.717, 1.165) is 42.5 Å². The number of benzene rings is 1. The lowest BCUT2D eigenvalue weighted by Crippen LogP contribution is -2.38. The summed E-state index contributed by atoms with van der Waals surface area (Å²) in [7, 11) is 3.26. The van der Waals surface area contributed by atoms with E-state index >= 15 is 0 Å². The fraction of sp³-hybridized carbons (Fsp3) is 0.579. The summed E-state index contributed by atoms with van der Waals surface area (Å²) >= 11 is 0. The van der Waals surface area contributed by atoms with Gasteiger partial charge in [0.15, 0.2) is 17.5 Å². The van der Waals surface area contributed by atoms with E-state index in [1.165, 1.54) is 0 Å². The summed E-state index contributed by atoms with van der Waals surface area (Å²) in [5, 5.41) is 6.50. The third-order valence-corrected chi connectivity index (χ3v) is 3.61. The molecule has 0 unspecified atom stereocenters. The van der Waals surface area contributed by atoms with Gasteiger partial charge in [-0.1, -0.05) is 6.07 Å². The van der Waals surface area contributed by atoms with Crippen molar-refractivity contribution in [2.24, 2.45) is 4.99 Å². The fourth-order valence-corrected chi connectivity index (χ4v) is 2.35. The summed E-state index contributed by atoms with van der Waals surface area (Å²) < 4.78 is 15.5. The zero-order chi connectivity index (χ0) is 19.2. The Bertz CT molecular complexity index is 576.